The lowest BCUT2D eigenvalue weighted by atomic mass is 9.74. The Hall–Kier alpha value is -1.46. The van der Waals surface area contributed by atoms with Gasteiger partial charge in [-0.25, -0.2) is 0 Å². The summed E-state index contributed by atoms with van der Waals surface area (Å²) < 4.78 is 5.18. The molecular formula is C17H25N3O2. The highest BCUT2D eigenvalue weighted by Crippen LogP contribution is 2.47. The second kappa shape index (κ2) is 6.34. The first-order chi connectivity index (χ1) is 10.7. The molecule has 5 nitrogen and oxygen atoms in total. The van der Waals surface area contributed by atoms with Gasteiger partial charge in [0.1, 0.15) is 0 Å². The number of aromatic nitrogens is 1. The van der Waals surface area contributed by atoms with Crippen LogP contribution in [-0.2, 0) is 9.53 Å². The van der Waals surface area contributed by atoms with Crippen LogP contribution < -0.4 is 0 Å². The van der Waals surface area contributed by atoms with Crippen molar-refractivity contribution in [3.8, 4) is 0 Å². The molecule has 2 aliphatic heterocycles. The third-order valence-corrected chi connectivity index (χ3v) is 5.51. The number of piperidine rings is 1. The third-order valence-electron chi connectivity index (χ3n) is 5.51. The van der Waals surface area contributed by atoms with Crippen LogP contribution in [0.4, 0.5) is 0 Å². The maximum absolute atomic E-state index is 12.4. The van der Waals surface area contributed by atoms with Gasteiger partial charge in [-0.1, -0.05) is 0 Å². The normalized spacial score (nSPS) is 25.1. The van der Waals surface area contributed by atoms with Crippen LogP contribution in [0.5, 0.6) is 0 Å². The van der Waals surface area contributed by atoms with Crippen molar-refractivity contribution in [2.24, 2.45) is 0 Å². The van der Waals surface area contributed by atoms with Crippen LogP contribution in [0.2, 0.25) is 0 Å². The molecule has 3 rings (SSSR count). The minimum absolute atomic E-state index is 0.0258. The van der Waals surface area contributed by atoms with Gasteiger partial charge in [0, 0.05) is 58.5 Å². The van der Waals surface area contributed by atoms with Crippen LogP contribution >= 0.6 is 0 Å². The zero-order valence-electron chi connectivity index (χ0n) is 13.5. The third kappa shape index (κ3) is 2.63. The minimum atomic E-state index is -0.0258. The van der Waals surface area contributed by atoms with Crippen LogP contribution in [0.1, 0.15) is 30.7 Å². The van der Waals surface area contributed by atoms with Crippen LogP contribution in [-0.4, -0.2) is 66.6 Å². The largest absolute Gasteiger partial charge is 0.383 e. The van der Waals surface area contributed by atoms with Gasteiger partial charge in [-0.3, -0.25) is 9.78 Å². The summed E-state index contributed by atoms with van der Waals surface area (Å²) in [7, 11) is 3.72. The Labute approximate surface area is 132 Å². The first-order valence-electron chi connectivity index (χ1n) is 8.05. The molecule has 1 amide bonds. The number of carbonyl (C=O) groups is 1. The van der Waals surface area contributed by atoms with E-state index in [1.165, 1.54) is 5.56 Å². The van der Waals surface area contributed by atoms with Crippen molar-refractivity contribution in [3.63, 3.8) is 0 Å². The molecule has 0 radical (unpaired) electrons. The van der Waals surface area contributed by atoms with Crippen molar-refractivity contribution >= 4 is 5.91 Å². The number of nitrogens with zero attached hydrogens (tertiary/aromatic N) is 3. The zero-order chi connectivity index (χ0) is 15.6. The molecule has 120 valence electrons. The zero-order valence-corrected chi connectivity index (χ0v) is 13.5. The number of carbonyl (C=O) groups excluding carboxylic acids is 1. The molecule has 0 saturated carbocycles. The van der Waals surface area contributed by atoms with Crippen molar-refractivity contribution in [2.45, 2.75) is 30.7 Å². The fraction of sp³-hybridized carbons (Fsp3) is 0.647. The number of amides is 1. The number of hydrogen-bond donors (Lipinski definition) is 0. The lowest BCUT2D eigenvalue weighted by Crippen LogP contribution is -2.54. The molecule has 0 N–H and O–H groups in total. The van der Waals surface area contributed by atoms with Gasteiger partial charge in [-0.05, 0) is 30.5 Å². The highest BCUT2D eigenvalue weighted by atomic mass is 16.5. The smallest absolute Gasteiger partial charge is 0.223 e. The van der Waals surface area contributed by atoms with E-state index < -0.39 is 0 Å². The summed E-state index contributed by atoms with van der Waals surface area (Å²) in [4.78, 5) is 20.9. The highest BCUT2D eigenvalue weighted by Gasteiger charge is 2.52. The lowest BCUT2D eigenvalue weighted by molar-refractivity contribution is -0.130. The van der Waals surface area contributed by atoms with Gasteiger partial charge in [-0.15, -0.1) is 0 Å². The van der Waals surface area contributed by atoms with Gasteiger partial charge >= 0.3 is 0 Å². The molecule has 1 unspecified atom stereocenters. The second-order valence-electron chi connectivity index (χ2n) is 6.43. The number of likely N-dealkylation sites (N-methyl/N-ethyl adjacent to an activating group) is 1. The summed E-state index contributed by atoms with van der Waals surface area (Å²) in [5.41, 5.74) is 1.22. The van der Waals surface area contributed by atoms with Gasteiger partial charge in [0.25, 0.3) is 0 Å². The number of hydrogen-bond acceptors (Lipinski definition) is 4. The van der Waals surface area contributed by atoms with Crippen molar-refractivity contribution in [3.05, 3.63) is 30.1 Å². The summed E-state index contributed by atoms with van der Waals surface area (Å²) in [5.74, 6) is 0.560. The average molecular weight is 303 g/mol. The van der Waals surface area contributed by atoms with E-state index in [2.05, 4.69) is 22.0 Å². The molecule has 1 aromatic rings. The fourth-order valence-corrected chi connectivity index (χ4v) is 4.08. The molecule has 22 heavy (non-hydrogen) atoms. The average Bonchev–Trinajstić information content (AvgIpc) is 2.80. The Morgan fingerprint density at radius 2 is 2.00 bits per heavy atom. The number of ether oxygens (including phenoxy) is 1. The Morgan fingerprint density at radius 1 is 1.32 bits per heavy atom. The summed E-state index contributed by atoms with van der Waals surface area (Å²) in [6.07, 6.45) is 6.36. The monoisotopic (exact) mass is 303 g/mol. The van der Waals surface area contributed by atoms with Gasteiger partial charge in [0.15, 0.2) is 0 Å². The van der Waals surface area contributed by atoms with Crippen LogP contribution in [0.25, 0.3) is 0 Å². The van der Waals surface area contributed by atoms with E-state index in [0.29, 0.717) is 6.42 Å². The maximum atomic E-state index is 12.4. The highest BCUT2D eigenvalue weighted by molar-refractivity contribution is 5.81. The van der Waals surface area contributed by atoms with E-state index in [9.17, 15) is 4.79 Å². The predicted molar refractivity (Wildman–Crippen MR) is 84.6 cm³/mol. The predicted octanol–water partition coefficient (Wildman–Crippen LogP) is 1.51. The van der Waals surface area contributed by atoms with E-state index >= 15 is 0 Å². The van der Waals surface area contributed by atoms with Gasteiger partial charge in [0.05, 0.1) is 12.1 Å². The molecule has 2 saturated heterocycles. The van der Waals surface area contributed by atoms with Crippen LogP contribution in [0.3, 0.4) is 0 Å². The quantitative estimate of drug-likeness (QED) is 0.846. The molecule has 1 atom stereocenters. The molecule has 2 fully saturated rings. The molecular weight excluding hydrogens is 278 g/mol. The van der Waals surface area contributed by atoms with E-state index in [-0.39, 0.29) is 17.4 Å². The van der Waals surface area contributed by atoms with Crippen LogP contribution in [0, 0.1) is 0 Å². The molecule has 5 heteroatoms. The summed E-state index contributed by atoms with van der Waals surface area (Å²) in [5, 5.41) is 0. The Morgan fingerprint density at radius 3 is 2.64 bits per heavy atom. The second-order valence-corrected chi connectivity index (χ2v) is 6.43. The number of likely N-dealkylation sites (tertiary alicyclic amines) is 2. The van der Waals surface area contributed by atoms with Crippen molar-refractivity contribution < 1.29 is 9.53 Å². The first-order valence-corrected chi connectivity index (χ1v) is 8.05. The molecule has 0 aliphatic carbocycles. The fourth-order valence-electron chi connectivity index (χ4n) is 4.08. The molecule has 2 aliphatic rings. The standard InChI is InChI=1S/C17H25N3O2/c1-19-16(21)13-15(14-3-7-18-8-4-14)17(19)5-9-20(10-6-17)11-12-22-2/h3-4,7-8,15H,5-6,9-13H2,1-2H3. The number of rotatable bonds is 4. The maximum Gasteiger partial charge on any atom is 0.223 e. The molecule has 1 spiro atoms. The molecule has 3 heterocycles. The first kappa shape index (κ1) is 15.4. The number of methoxy groups -OCH3 is 1. The molecule has 0 aromatic carbocycles. The van der Waals surface area contributed by atoms with E-state index in [0.717, 1.165) is 39.1 Å². The Kier molecular flexibility index (Phi) is 4.45. The number of pyridine rings is 1. The SMILES string of the molecule is COCCN1CCC2(CC1)C(c1ccncc1)CC(=O)N2C. The van der Waals surface area contributed by atoms with Crippen molar-refractivity contribution in [1.82, 2.24) is 14.8 Å². The van der Waals surface area contributed by atoms with Crippen LogP contribution in [0.15, 0.2) is 24.5 Å². The van der Waals surface area contributed by atoms with Crippen molar-refractivity contribution in [1.29, 1.82) is 0 Å². The Bertz CT molecular complexity index is 512. The summed E-state index contributed by atoms with van der Waals surface area (Å²) >= 11 is 0. The summed E-state index contributed by atoms with van der Waals surface area (Å²) in [6.45, 7) is 3.81. The van der Waals surface area contributed by atoms with E-state index in [4.69, 9.17) is 4.74 Å². The van der Waals surface area contributed by atoms with E-state index in [1.807, 2.05) is 24.3 Å². The van der Waals surface area contributed by atoms with Gasteiger partial charge < -0.3 is 14.5 Å². The summed E-state index contributed by atoms with van der Waals surface area (Å²) in [6, 6.07) is 4.13. The lowest BCUT2D eigenvalue weighted by Gasteiger charge is -2.46. The minimum Gasteiger partial charge on any atom is -0.383 e. The molecule has 0 bridgehead atoms. The van der Waals surface area contributed by atoms with Gasteiger partial charge in [0.2, 0.25) is 5.91 Å². The Balaban J connectivity index is 1.79. The van der Waals surface area contributed by atoms with E-state index in [1.54, 1.807) is 7.11 Å². The van der Waals surface area contributed by atoms with Gasteiger partial charge in [-0.2, -0.15) is 0 Å². The topological polar surface area (TPSA) is 45.7 Å². The van der Waals surface area contributed by atoms with Crippen molar-refractivity contribution in [2.75, 3.05) is 40.4 Å². The molecule has 1 aromatic heterocycles.